The van der Waals surface area contributed by atoms with Crippen molar-refractivity contribution in [2.75, 3.05) is 14.2 Å². The van der Waals surface area contributed by atoms with Crippen molar-refractivity contribution >= 4 is 5.78 Å². The van der Waals surface area contributed by atoms with Crippen molar-refractivity contribution in [1.29, 1.82) is 0 Å². The summed E-state index contributed by atoms with van der Waals surface area (Å²) in [4.78, 5) is 12.8. The van der Waals surface area contributed by atoms with E-state index >= 15 is 0 Å². The molecular weight excluding hydrogens is 280 g/mol. The van der Waals surface area contributed by atoms with Crippen LogP contribution < -0.4 is 9.47 Å². The molecule has 0 aliphatic heterocycles. The molecule has 0 aliphatic rings. The molecule has 4 nitrogen and oxygen atoms in total. The first-order valence-electron chi connectivity index (χ1n) is 7.08. The lowest BCUT2D eigenvalue weighted by atomic mass is 9.95. The first-order valence-corrected chi connectivity index (χ1v) is 7.08. The van der Waals surface area contributed by atoms with E-state index in [0.29, 0.717) is 17.1 Å². The van der Waals surface area contributed by atoms with Crippen molar-refractivity contribution in [1.82, 2.24) is 0 Å². The summed E-state index contributed by atoms with van der Waals surface area (Å²) in [6.45, 7) is 4.02. The Labute approximate surface area is 130 Å². The molecule has 22 heavy (non-hydrogen) atoms. The van der Waals surface area contributed by atoms with Crippen LogP contribution >= 0.6 is 0 Å². The van der Waals surface area contributed by atoms with Crippen LogP contribution in [0.5, 0.6) is 17.2 Å². The zero-order valence-electron chi connectivity index (χ0n) is 13.2. The summed E-state index contributed by atoms with van der Waals surface area (Å²) in [5, 5.41) is 10.3. The van der Waals surface area contributed by atoms with Gasteiger partial charge in [0.2, 0.25) is 5.78 Å². The summed E-state index contributed by atoms with van der Waals surface area (Å²) >= 11 is 0. The highest BCUT2D eigenvalue weighted by Gasteiger charge is 2.23. The lowest BCUT2D eigenvalue weighted by Crippen LogP contribution is -2.07. The van der Waals surface area contributed by atoms with Crippen LogP contribution in [0.25, 0.3) is 0 Å². The van der Waals surface area contributed by atoms with Crippen molar-refractivity contribution in [3.05, 3.63) is 53.1 Å². The third-order valence-corrected chi connectivity index (χ3v) is 3.57. The van der Waals surface area contributed by atoms with E-state index in [1.807, 2.05) is 13.8 Å². The molecule has 0 bridgehead atoms. The van der Waals surface area contributed by atoms with E-state index in [0.717, 1.165) is 5.56 Å². The second kappa shape index (κ2) is 6.52. The van der Waals surface area contributed by atoms with Gasteiger partial charge >= 0.3 is 0 Å². The largest absolute Gasteiger partial charge is 0.507 e. The van der Waals surface area contributed by atoms with Crippen LogP contribution in [0.4, 0.5) is 0 Å². The first-order chi connectivity index (χ1) is 10.5. The molecule has 0 heterocycles. The zero-order chi connectivity index (χ0) is 16.3. The Morgan fingerprint density at radius 1 is 1.05 bits per heavy atom. The van der Waals surface area contributed by atoms with Crippen LogP contribution in [0.15, 0.2) is 36.4 Å². The van der Waals surface area contributed by atoms with Crippen LogP contribution in [-0.4, -0.2) is 25.1 Å². The van der Waals surface area contributed by atoms with Gasteiger partial charge in [-0.1, -0.05) is 26.0 Å². The normalized spacial score (nSPS) is 10.6. The summed E-state index contributed by atoms with van der Waals surface area (Å²) < 4.78 is 10.5. The molecule has 0 radical (unpaired) electrons. The van der Waals surface area contributed by atoms with Crippen molar-refractivity contribution in [3.8, 4) is 17.2 Å². The second-order valence-electron chi connectivity index (χ2n) is 5.30. The first kappa shape index (κ1) is 15.9. The number of aromatic hydroxyl groups is 1. The van der Waals surface area contributed by atoms with Crippen LogP contribution in [0, 0.1) is 0 Å². The van der Waals surface area contributed by atoms with Crippen LogP contribution in [0.3, 0.4) is 0 Å². The van der Waals surface area contributed by atoms with Crippen LogP contribution in [-0.2, 0) is 0 Å². The molecule has 0 aromatic heterocycles. The Morgan fingerprint density at radius 2 is 1.68 bits per heavy atom. The minimum atomic E-state index is -0.331. The fraction of sp³-hybridized carbons (Fsp3) is 0.278. The molecule has 116 valence electrons. The van der Waals surface area contributed by atoms with Gasteiger partial charge in [-0.15, -0.1) is 0 Å². The summed E-state index contributed by atoms with van der Waals surface area (Å²) in [6, 6.07) is 10.3. The fourth-order valence-corrected chi connectivity index (χ4v) is 2.31. The number of benzene rings is 2. The zero-order valence-corrected chi connectivity index (χ0v) is 13.2. The van der Waals surface area contributed by atoms with Crippen molar-refractivity contribution in [2.24, 2.45) is 0 Å². The number of carbonyl (C=O) groups excluding carboxylic acids is 1. The average molecular weight is 300 g/mol. The predicted octanol–water partition coefficient (Wildman–Crippen LogP) is 3.76. The molecule has 0 saturated heterocycles. The molecule has 0 unspecified atom stereocenters. The smallest absolute Gasteiger partial charge is 0.204 e. The molecule has 0 atom stereocenters. The van der Waals surface area contributed by atoms with Gasteiger partial charge in [0.15, 0.2) is 0 Å². The Bertz CT molecular complexity index is 689. The van der Waals surface area contributed by atoms with Gasteiger partial charge in [0.25, 0.3) is 0 Å². The van der Waals surface area contributed by atoms with E-state index in [1.165, 1.54) is 14.2 Å². The van der Waals surface area contributed by atoms with Gasteiger partial charge in [-0.25, -0.2) is 0 Å². The molecular formula is C18H20O4. The Kier molecular flexibility index (Phi) is 4.71. The molecule has 1 N–H and O–H groups in total. The van der Waals surface area contributed by atoms with Gasteiger partial charge < -0.3 is 14.6 Å². The highest BCUT2D eigenvalue weighted by atomic mass is 16.5. The predicted molar refractivity (Wildman–Crippen MR) is 85.2 cm³/mol. The number of para-hydroxylation sites is 1. The van der Waals surface area contributed by atoms with Gasteiger partial charge in [-0.3, -0.25) is 4.79 Å². The highest BCUT2D eigenvalue weighted by Crippen LogP contribution is 2.35. The maximum atomic E-state index is 12.8. The molecule has 4 heteroatoms. The minimum absolute atomic E-state index is 0.0843. The van der Waals surface area contributed by atoms with E-state index in [-0.39, 0.29) is 23.0 Å². The van der Waals surface area contributed by atoms with E-state index in [2.05, 4.69) is 0 Å². The maximum absolute atomic E-state index is 12.8. The number of rotatable bonds is 5. The molecule has 2 aromatic carbocycles. The van der Waals surface area contributed by atoms with Gasteiger partial charge in [-0.05, 0) is 35.7 Å². The van der Waals surface area contributed by atoms with Crippen molar-refractivity contribution < 1.29 is 19.4 Å². The van der Waals surface area contributed by atoms with Crippen molar-refractivity contribution in [3.63, 3.8) is 0 Å². The number of hydrogen-bond acceptors (Lipinski definition) is 4. The number of methoxy groups -OCH3 is 2. The highest BCUT2D eigenvalue weighted by molar-refractivity contribution is 6.14. The number of phenolic OH excluding ortho intramolecular Hbond substituents is 1. The lowest BCUT2D eigenvalue weighted by molar-refractivity contribution is 0.103. The standard InChI is InChI=1S/C18H20O4/c1-11(2)12-9-14(19)17(16(10-12)22-4)18(20)13-7-5-6-8-15(13)21-3/h5-11,19H,1-4H3. The third-order valence-electron chi connectivity index (χ3n) is 3.57. The molecule has 0 amide bonds. The quantitative estimate of drug-likeness (QED) is 0.854. The fourth-order valence-electron chi connectivity index (χ4n) is 2.31. The van der Waals surface area contributed by atoms with Crippen LogP contribution in [0.2, 0.25) is 0 Å². The van der Waals surface area contributed by atoms with E-state index < -0.39 is 0 Å². The van der Waals surface area contributed by atoms with E-state index in [9.17, 15) is 9.90 Å². The van der Waals surface area contributed by atoms with Crippen LogP contribution in [0.1, 0.15) is 41.3 Å². The summed E-state index contributed by atoms with van der Waals surface area (Å²) in [5.74, 6) is 0.623. The summed E-state index contributed by atoms with van der Waals surface area (Å²) in [6.07, 6.45) is 0. The number of carbonyl (C=O) groups is 1. The van der Waals surface area contributed by atoms with Gasteiger partial charge in [0.05, 0.1) is 19.8 Å². The van der Waals surface area contributed by atoms with E-state index in [1.54, 1.807) is 36.4 Å². The topological polar surface area (TPSA) is 55.8 Å². The summed E-state index contributed by atoms with van der Waals surface area (Å²) in [7, 11) is 2.99. The number of ketones is 1. The molecule has 0 saturated carbocycles. The third kappa shape index (κ3) is 2.91. The number of ether oxygens (including phenoxy) is 2. The van der Waals surface area contributed by atoms with Gasteiger partial charge in [-0.2, -0.15) is 0 Å². The average Bonchev–Trinajstić information content (AvgIpc) is 2.53. The molecule has 0 spiro atoms. The molecule has 2 aromatic rings. The van der Waals surface area contributed by atoms with Crippen molar-refractivity contribution in [2.45, 2.75) is 19.8 Å². The minimum Gasteiger partial charge on any atom is -0.507 e. The summed E-state index contributed by atoms with van der Waals surface area (Å²) in [5.41, 5.74) is 1.44. The Balaban J connectivity index is 2.59. The lowest BCUT2D eigenvalue weighted by Gasteiger charge is -2.15. The molecule has 0 fully saturated rings. The Morgan fingerprint density at radius 3 is 2.27 bits per heavy atom. The van der Waals surface area contributed by atoms with Gasteiger partial charge in [0, 0.05) is 0 Å². The molecule has 2 rings (SSSR count). The number of hydrogen-bond donors (Lipinski definition) is 1. The second-order valence-corrected chi connectivity index (χ2v) is 5.30. The van der Waals surface area contributed by atoms with E-state index in [4.69, 9.17) is 9.47 Å². The number of phenols is 1. The SMILES string of the molecule is COc1ccccc1C(=O)c1c(O)cc(C(C)C)cc1OC. The maximum Gasteiger partial charge on any atom is 0.204 e. The molecule has 0 aliphatic carbocycles. The Hall–Kier alpha value is -2.49. The van der Waals surface area contributed by atoms with Gasteiger partial charge in [0.1, 0.15) is 22.8 Å². The monoisotopic (exact) mass is 300 g/mol.